The highest BCUT2D eigenvalue weighted by atomic mass is 35.5. The molecule has 0 radical (unpaired) electrons. The third-order valence-electron chi connectivity index (χ3n) is 3.50. The van der Waals surface area contributed by atoms with Gasteiger partial charge in [-0.25, -0.2) is 0 Å². The minimum atomic E-state index is -0.415. The molecule has 1 heterocycles. The fourth-order valence-corrected chi connectivity index (χ4v) is 2.47. The van der Waals surface area contributed by atoms with Crippen molar-refractivity contribution in [2.75, 3.05) is 5.32 Å². The summed E-state index contributed by atoms with van der Waals surface area (Å²) < 4.78 is 10.8. The number of hydrogen-bond acceptors (Lipinski definition) is 4. The Morgan fingerprint density at radius 3 is 2.64 bits per heavy atom. The number of ether oxygens (including phenoxy) is 1. The average Bonchev–Trinajstić information content (AvgIpc) is 2.98. The first-order valence-electron chi connectivity index (χ1n) is 7.44. The second-order valence-corrected chi connectivity index (χ2v) is 6.07. The molecule has 128 valence electrons. The van der Waals surface area contributed by atoms with E-state index in [-0.39, 0.29) is 12.3 Å². The maximum absolute atomic E-state index is 12.5. The van der Waals surface area contributed by atoms with Crippen LogP contribution in [0.4, 0.5) is 5.69 Å². The van der Waals surface area contributed by atoms with Crippen molar-refractivity contribution in [3.05, 3.63) is 75.6 Å². The lowest BCUT2D eigenvalue weighted by molar-refractivity contribution is 0.101. The molecule has 2 aromatic carbocycles. The van der Waals surface area contributed by atoms with Crippen LogP contribution >= 0.6 is 23.2 Å². The predicted octanol–water partition coefficient (Wildman–Crippen LogP) is 5.12. The zero-order valence-corrected chi connectivity index (χ0v) is 14.8. The van der Waals surface area contributed by atoms with Gasteiger partial charge in [0.15, 0.2) is 5.69 Å². The summed E-state index contributed by atoms with van der Waals surface area (Å²) in [4.78, 5) is 12.5. The van der Waals surface area contributed by atoms with Crippen LogP contribution in [0, 0.1) is 6.92 Å². The Balaban J connectivity index is 1.75. The summed E-state index contributed by atoms with van der Waals surface area (Å²) in [6.07, 6.45) is 0. The van der Waals surface area contributed by atoms with Crippen molar-refractivity contribution in [1.29, 1.82) is 0 Å². The summed E-state index contributed by atoms with van der Waals surface area (Å²) in [6.45, 7) is 1.90. The Morgan fingerprint density at radius 2 is 1.92 bits per heavy atom. The summed E-state index contributed by atoms with van der Waals surface area (Å²) in [7, 11) is 0. The van der Waals surface area contributed by atoms with E-state index in [1.54, 1.807) is 25.1 Å². The molecule has 0 unspecified atom stereocenters. The van der Waals surface area contributed by atoms with E-state index < -0.39 is 5.91 Å². The van der Waals surface area contributed by atoms with Crippen LogP contribution in [0.25, 0.3) is 0 Å². The maximum atomic E-state index is 12.5. The van der Waals surface area contributed by atoms with E-state index in [9.17, 15) is 4.79 Å². The molecule has 5 nitrogen and oxygen atoms in total. The van der Waals surface area contributed by atoms with Gasteiger partial charge in [-0.3, -0.25) is 4.79 Å². The topological polar surface area (TPSA) is 64.4 Å². The number of anilines is 1. The minimum Gasteiger partial charge on any atom is -0.489 e. The zero-order valence-electron chi connectivity index (χ0n) is 13.3. The molecule has 0 atom stereocenters. The maximum Gasteiger partial charge on any atom is 0.278 e. The van der Waals surface area contributed by atoms with Gasteiger partial charge in [0, 0.05) is 5.69 Å². The standard InChI is InChI=1S/C18H14Cl2N2O3/c1-11-14(10-24-13-5-3-2-4-6-13)17(22-25-11)18(23)21-12-7-8-15(19)16(20)9-12/h2-9H,10H2,1H3,(H,21,23). The van der Waals surface area contributed by atoms with Gasteiger partial charge >= 0.3 is 0 Å². The summed E-state index contributed by atoms with van der Waals surface area (Å²) in [6, 6.07) is 14.1. The molecule has 1 aromatic heterocycles. The molecule has 25 heavy (non-hydrogen) atoms. The number of nitrogens with zero attached hydrogens (tertiary/aromatic N) is 1. The van der Waals surface area contributed by atoms with Crippen LogP contribution in [0.2, 0.25) is 10.0 Å². The summed E-state index contributed by atoms with van der Waals surface area (Å²) in [5.74, 6) is 0.802. The minimum absolute atomic E-state index is 0.166. The number of benzene rings is 2. The fourth-order valence-electron chi connectivity index (χ4n) is 2.18. The smallest absolute Gasteiger partial charge is 0.278 e. The number of carbonyl (C=O) groups is 1. The molecule has 1 amide bonds. The highest BCUT2D eigenvalue weighted by Gasteiger charge is 2.20. The van der Waals surface area contributed by atoms with E-state index in [0.29, 0.717) is 32.8 Å². The van der Waals surface area contributed by atoms with E-state index >= 15 is 0 Å². The summed E-state index contributed by atoms with van der Waals surface area (Å²) in [5, 5.41) is 7.32. The Morgan fingerprint density at radius 1 is 1.16 bits per heavy atom. The molecule has 0 spiro atoms. The lowest BCUT2D eigenvalue weighted by Gasteiger charge is -2.08. The van der Waals surface area contributed by atoms with Gasteiger partial charge < -0.3 is 14.6 Å². The largest absolute Gasteiger partial charge is 0.489 e. The first kappa shape index (κ1) is 17.3. The molecule has 7 heteroatoms. The van der Waals surface area contributed by atoms with Gasteiger partial charge in [-0.05, 0) is 37.3 Å². The molecule has 0 fully saturated rings. The molecule has 0 aliphatic carbocycles. The molecular formula is C18H14Cl2N2O3. The monoisotopic (exact) mass is 376 g/mol. The van der Waals surface area contributed by atoms with Gasteiger partial charge in [-0.2, -0.15) is 0 Å². The van der Waals surface area contributed by atoms with Gasteiger partial charge in [0.1, 0.15) is 18.1 Å². The van der Waals surface area contributed by atoms with Crippen LogP contribution in [0.15, 0.2) is 53.1 Å². The van der Waals surface area contributed by atoms with Crippen LogP contribution in [0.5, 0.6) is 5.75 Å². The average molecular weight is 377 g/mol. The van der Waals surface area contributed by atoms with Crippen molar-refractivity contribution >= 4 is 34.8 Å². The van der Waals surface area contributed by atoms with Crippen molar-refractivity contribution in [3.8, 4) is 5.75 Å². The van der Waals surface area contributed by atoms with E-state index in [0.717, 1.165) is 0 Å². The second-order valence-electron chi connectivity index (χ2n) is 5.25. The van der Waals surface area contributed by atoms with Gasteiger partial charge in [-0.15, -0.1) is 0 Å². The highest BCUT2D eigenvalue weighted by Crippen LogP contribution is 2.26. The van der Waals surface area contributed by atoms with Crippen molar-refractivity contribution in [2.24, 2.45) is 0 Å². The fraction of sp³-hybridized carbons (Fsp3) is 0.111. The van der Waals surface area contributed by atoms with Crippen LogP contribution in [0.3, 0.4) is 0 Å². The quantitative estimate of drug-likeness (QED) is 0.670. The molecule has 0 saturated carbocycles. The third-order valence-corrected chi connectivity index (χ3v) is 4.24. The van der Waals surface area contributed by atoms with Gasteiger partial charge in [0.05, 0.1) is 15.6 Å². The molecule has 0 bridgehead atoms. The number of hydrogen-bond donors (Lipinski definition) is 1. The lowest BCUT2D eigenvalue weighted by atomic mass is 10.2. The molecule has 0 saturated heterocycles. The number of halogens is 2. The third kappa shape index (κ3) is 4.13. The molecule has 3 rings (SSSR count). The van der Waals surface area contributed by atoms with E-state index in [1.165, 1.54) is 0 Å². The molecule has 0 aliphatic rings. The van der Waals surface area contributed by atoms with E-state index in [4.69, 9.17) is 32.5 Å². The van der Waals surface area contributed by atoms with Gasteiger partial charge in [-0.1, -0.05) is 46.6 Å². The molecular weight excluding hydrogens is 363 g/mol. The Bertz CT molecular complexity index is 895. The van der Waals surface area contributed by atoms with Crippen molar-refractivity contribution < 1.29 is 14.1 Å². The summed E-state index contributed by atoms with van der Waals surface area (Å²) in [5.41, 5.74) is 1.26. The first-order valence-corrected chi connectivity index (χ1v) is 8.19. The number of rotatable bonds is 5. The second kappa shape index (κ2) is 7.59. The first-order chi connectivity index (χ1) is 12.0. The van der Waals surface area contributed by atoms with Crippen LogP contribution in [-0.2, 0) is 6.61 Å². The number of nitrogens with one attached hydrogen (secondary N) is 1. The summed E-state index contributed by atoms with van der Waals surface area (Å²) >= 11 is 11.8. The van der Waals surface area contributed by atoms with Crippen LogP contribution in [0.1, 0.15) is 21.8 Å². The Labute approximate surface area is 154 Å². The van der Waals surface area contributed by atoms with Crippen LogP contribution in [-0.4, -0.2) is 11.1 Å². The number of aryl methyl sites for hydroxylation is 1. The molecule has 1 N–H and O–H groups in total. The van der Waals surface area contributed by atoms with E-state index in [2.05, 4.69) is 10.5 Å². The SMILES string of the molecule is Cc1onc(C(=O)Nc2ccc(Cl)c(Cl)c2)c1COc1ccccc1. The lowest BCUT2D eigenvalue weighted by Crippen LogP contribution is -2.15. The predicted molar refractivity (Wildman–Crippen MR) is 96.4 cm³/mol. The van der Waals surface area contributed by atoms with Crippen molar-refractivity contribution in [2.45, 2.75) is 13.5 Å². The highest BCUT2D eigenvalue weighted by molar-refractivity contribution is 6.42. The number of para-hydroxylation sites is 1. The number of carbonyl (C=O) groups excluding carboxylic acids is 1. The molecule has 0 aliphatic heterocycles. The van der Waals surface area contributed by atoms with Crippen molar-refractivity contribution in [3.63, 3.8) is 0 Å². The van der Waals surface area contributed by atoms with Crippen molar-refractivity contribution in [1.82, 2.24) is 5.16 Å². The zero-order chi connectivity index (χ0) is 17.8. The normalized spacial score (nSPS) is 10.5. The number of amides is 1. The molecule has 3 aromatic rings. The van der Waals surface area contributed by atoms with Crippen LogP contribution < -0.4 is 10.1 Å². The van der Waals surface area contributed by atoms with E-state index in [1.807, 2.05) is 30.3 Å². The van der Waals surface area contributed by atoms with Gasteiger partial charge in [0.2, 0.25) is 0 Å². The Hall–Kier alpha value is -2.50. The Kier molecular flexibility index (Phi) is 5.26. The number of aromatic nitrogens is 1. The van der Waals surface area contributed by atoms with Gasteiger partial charge in [0.25, 0.3) is 5.91 Å².